The van der Waals surface area contributed by atoms with Gasteiger partial charge in [-0.25, -0.2) is 0 Å². The third-order valence-corrected chi connectivity index (χ3v) is 4.77. The molecule has 2 heterocycles. The largest absolute Gasteiger partial charge is 0.360 e. The second-order valence-electron chi connectivity index (χ2n) is 7.39. The van der Waals surface area contributed by atoms with Gasteiger partial charge in [-0.2, -0.15) is 0 Å². The Balaban J connectivity index is 1.52. The van der Waals surface area contributed by atoms with E-state index in [1.54, 1.807) is 0 Å². The van der Waals surface area contributed by atoms with Crippen molar-refractivity contribution >= 4 is 5.91 Å². The first-order chi connectivity index (χ1) is 10.5. The first-order valence-electron chi connectivity index (χ1n) is 8.52. The predicted octanol–water partition coefficient (Wildman–Crippen LogP) is 2.65. The number of carbonyl (C=O) groups is 1. The van der Waals surface area contributed by atoms with Crippen molar-refractivity contribution in [3.8, 4) is 0 Å². The molecule has 5 heteroatoms. The second-order valence-corrected chi connectivity index (χ2v) is 7.39. The van der Waals surface area contributed by atoms with Gasteiger partial charge in [0.25, 0.3) is 5.91 Å². The lowest BCUT2D eigenvalue weighted by Crippen LogP contribution is -2.40. The molecule has 22 heavy (non-hydrogen) atoms. The Labute approximate surface area is 132 Å². The molecular formula is C17H27N3O2. The molecule has 0 bridgehead atoms. The smallest absolute Gasteiger partial charge is 0.273 e. The van der Waals surface area contributed by atoms with Crippen LogP contribution in [0.5, 0.6) is 0 Å². The van der Waals surface area contributed by atoms with Gasteiger partial charge in [-0.05, 0) is 37.6 Å². The van der Waals surface area contributed by atoms with Crippen LogP contribution in [0.4, 0.5) is 0 Å². The lowest BCUT2D eigenvalue weighted by molar-refractivity contribution is 0.0922. The molecule has 1 saturated heterocycles. The van der Waals surface area contributed by atoms with Gasteiger partial charge < -0.3 is 14.7 Å². The maximum Gasteiger partial charge on any atom is 0.273 e. The first-order valence-corrected chi connectivity index (χ1v) is 8.52. The number of nitrogens with one attached hydrogen (secondary N) is 1. The summed E-state index contributed by atoms with van der Waals surface area (Å²) in [6, 6.07) is 2.02. The zero-order valence-electron chi connectivity index (χ0n) is 13.8. The third kappa shape index (κ3) is 3.69. The quantitative estimate of drug-likeness (QED) is 0.878. The highest BCUT2D eigenvalue weighted by Gasteiger charge is 2.32. The number of likely N-dealkylation sites (tertiary alicyclic amines) is 1. The molecule has 2 aliphatic rings. The monoisotopic (exact) mass is 305 g/mol. The van der Waals surface area contributed by atoms with Gasteiger partial charge in [0, 0.05) is 31.1 Å². The molecule has 5 nitrogen and oxygen atoms in total. The van der Waals surface area contributed by atoms with Crippen LogP contribution in [0.2, 0.25) is 0 Å². The number of rotatable bonds is 6. The molecule has 2 fully saturated rings. The Kier molecular flexibility index (Phi) is 4.52. The minimum atomic E-state index is -0.0989. The van der Waals surface area contributed by atoms with Crippen LogP contribution in [0, 0.1) is 11.8 Å². The van der Waals surface area contributed by atoms with Crippen molar-refractivity contribution in [2.24, 2.45) is 11.8 Å². The summed E-state index contributed by atoms with van der Waals surface area (Å²) in [7, 11) is 0. The van der Waals surface area contributed by atoms with Crippen LogP contribution in [-0.2, 0) is 0 Å². The average molecular weight is 305 g/mol. The minimum Gasteiger partial charge on any atom is -0.360 e. The van der Waals surface area contributed by atoms with Crippen LogP contribution >= 0.6 is 0 Å². The number of hydrogen-bond acceptors (Lipinski definition) is 4. The van der Waals surface area contributed by atoms with Gasteiger partial charge in [0.1, 0.15) is 5.76 Å². The van der Waals surface area contributed by atoms with Gasteiger partial charge in [0.05, 0.1) is 0 Å². The molecule has 1 aliphatic carbocycles. The highest BCUT2D eigenvalue weighted by molar-refractivity contribution is 5.92. The van der Waals surface area contributed by atoms with E-state index in [0.717, 1.165) is 44.2 Å². The fraction of sp³-hybridized carbons (Fsp3) is 0.765. The van der Waals surface area contributed by atoms with Crippen LogP contribution in [0.3, 0.4) is 0 Å². The van der Waals surface area contributed by atoms with Gasteiger partial charge >= 0.3 is 0 Å². The average Bonchev–Trinajstić information content (AvgIpc) is 3.09. The van der Waals surface area contributed by atoms with Crippen molar-refractivity contribution in [3.63, 3.8) is 0 Å². The molecule has 3 rings (SSSR count). The predicted molar refractivity (Wildman–Crippen MR) is 84.8 cm³/mol. The molecule has 1 aromatic heterocycles. The minimum absolute atomic E-state index is 0.0989. The van der Waals surface area contributed by atoms with E-state index in [1.807, 2.05) is 6.07 Å². The van der Waals surface area contributed by atoms with E-state index in [1.165, 1.54) is 6.42 Å². The molecular weight excluding hydrogens is 278 g/mol. The SMILES string of the molecule is CC(C)CCN1C[C@H](C)[C@H](NC(=O)c2cc(C3CC3)on2)C1. The summed E-state index contributed by atoms with van der Waals surface area (Å²) < 4.78 is 5.27. The maximum atomic E-state index is 12.3. The maximum absolute atomic E-state index is 12.3. The van der Waals surface area contributed by atoms with Gasteiger partial charge in [0.2, 0.25) is 0 Å². The summed E-state index contributed by atoms with van der Waals surface area (Å²) in [5, 5.41) is 7.05. The van der Waals surface area contributed by atoms with Crippen LogP contribution < -0.4 is 5.32 Å². The van der Waals surface area contributed by atoms with Crippen molar-refractivity contribution in [3.05, 3.63) is 17.5 Å². The molecule has 2 atom stereocenters. The lowest BCUT2D eigenvalue weighted by Gasteiger charge is -2.17. The van der Waals surface area contributed by atoms with Gasteiger partial charge in [-0.3, -0.25) is 4.79 Å². The van der Waals surface area contributed by atoms with Gasteiger partial charge in [0.15, 0.2) is 5.69 Å². The highest BCUT2D eigenvalue weighted by atomic mass is 16.5. The van der Waals surface area contributed by atoms with E-state index in [0.29, 0.717) is 17.5 Å². The Morgan fingerprint density at radius 2 is 2.23 bits per heavy atom. The highest BCUT2D eigenvalue weighted by Crippen LogP contribution is 2.40. The van der Waals surface area contributed by atoms with Crippen molar-refractivity contribution in [1.82, 2.24) is 15.4 Å². The van der Waals surface area contributed by atoms with Crippen molar-refractivity contribution < 1.29 is 9.32 Å². The molecule has 0 aromatic carbocycles. The van der Waals surface area contributed by atoms with Crippen molar-refractivity contribution in [2.45, 2.75) is 52.0 Å². The van der Waals surface area contributed by atoms with Crippen LogP contribution in [-0.4, -0.2) is 41.6 Å². The van der Waals surface area contributed by atoms with E-state index in [9.17, 15) is 4.79 Å². The van der Waals surface area contributed by atoms with E-state index >= 15 is 0 Å². The fourth-order valence-electron chi connectivity index (χ4n) is 3.08. The molecule has 1 saturated carbocycles. The number of hydrogen-bond donors (Lipinski definition) is 1. The van der Waals surface area contributed by atoms with Gasteiger partial charge in [-0.15, -0.1) is 0 Å². The summed E-state index contributed by atoms with van der Waals surface area (Å²) in [5.74, 6) is 2.46. The summed E-state index contributed by atoms with van der Waals surface area (Å²) >= 11 is 0. The van der Waals surface area contributed by atoms with Crippen LogP contribution in [0.15, 0.2) is 10.6 Å². The lowest BCUT2D eigenvalue weighted by atomic mass is 10.1. The normalized spacial score (nSPS) is 25.8. The fourth-order valence-corrected chi connectivity index (χ4v) is 3.08. The van der Waals surface area contributed by atoms with Crippen LogP contribution in [0.1, 0.15) is 62.2 Å². The molecule has 1 amide bonds. The first kappa shape index (κ1) is 15.5. The molecule has 0 radical (unpaired) electrons. The second kappa shape index (κ2) is 6.41. The Bertz CT molecular complexity index is 522. The van der Waals surface area contributed by atoms with Crippen molar-refractivity contribution in [2.75, 3.05) is 19.6 Å². The summed E-state index contributed by atoms with van der Waals surface area (Å²) in [5.41, 5.74) is 0.426. The molecule has 122 valence electrons. The molecule has 1 aromatic rings. The number of nitrogens with zero attached hydrogens (tertiary/aromatic N) is 2. The number of amides is 1. The zero-order valence-corrected chi connectivity index (χ0v) is 13.8. The van der Waals surface area contributed by atoms with E-state index in [-0.39, 0.29) is 11.9 Å². The summed E-state index contributed by atoms with van der Waals surface area (Å²) in [6.45, 7) is 9.82. The summed E-state index contributed by atoms with van der Waals surface area (Å²) in [6.07, 6.45) is 3.52. The zero-order chi connectivity index (χ0) is 15.7. The van der Waals surface area contributed by atoms with Gasteiger partial charge in [-0.1, -0.05) is 25.9 Å². The number of carbonyl (C=O) groups excluding carboxylic acids is 1. The molecule has 1 aliphatic heterocycles. The van der Waals surface area contributed by atoms with Crippen molar-refractivity contribution in [1.29, 1.82) is 0 Å². The molecule has 1 N–H and O–H groups in total. The van der Waals surface area contributed by atoms with E-state index < -0.39 is 0 Å². The Hall–Kier alpha value is -1.36. The Morgan fingerprint density at radius 3 is 2.91 bits per heavy atom. The van der Waals surface area contributed by atoms with E-state index in [2.05, 4.69) is 36.1 Å². The topological polar surface area (TPSA) is 58.4 Å². The summed E-state index contributed by atoms with van der Waals surface area (Å²) in [4.78, 5) is 14.8. The number of aromatic nitrogens is 1. The molecule has 0 spiro atoms. The third-order valence-electron chi connectivity index (χ3n) is 4.77. The van der Waals surface area contributed by atoms with E-state index in [4.69, 9.17) is 4.52 Å². The standard InChI is InChI=1S/C17H27N3O2/c1-11(2)6-7-20-9-12(3)15(10-20)18-17(21)14-8-16(22-19-14)13-4-5-13/h8,11-13,15H,4-7,9-10H2,1-3H3,(H,18,21)/t12-,15+/m0/s1. The Morgan fingerprint density at radius 1 is 1.45 bits per heavy atom. The molecule has 0 unspecified atom stereocenters. The van der Waals surface area contributed by atoms with Crippen LogP contribution in [0.25, 0.3) is 0 Å².